The van der Waals surface area contributed by atoms with E-state index in [1.807, 2.05) is 18.2 Å². The molecule has 126 valence electrons. The Morgan fingerprint density at radius 1 is 0.840 bits per heavy atom. The van der Waals surface area contributed by atoms with E-state index >= 15 is 0 Å². The molecule has 0 aliphatic rings. The molecule has 0 fully saturated rings. The summed E-state index contributed by atoms with van der Waals surface area (Å²) in [7, 11) is 0. The van der Waals surface area contributed by atoms with Gasteiger partial charge in [-0.2, -0.15) is 19.3 Å². The SMILES string of the molecule is NC(=O)Nc1cccc(Nc2nc(F)nc(Nc3ccccc3)n2)c1. The molecule has 8 nitrogen and oxygen atoms in total. The molecule has 0 aliphatic carbocycles. The second-order valence-electron chi connectivity index (χ2n) is 4.94. The summed E-state index contributed by atoms with van der Waals surface area (Å²) in [5.41, 5.74) is 6.82. The lowest BCUT2D eigenvalue weighted by Gasteiger charge is -2.09. The monoisotopic (exact) mass is 339 g/mol. The second-order valence-corrected chi connectivity index (χ2v) is 4.94. The van der Waals surface area contributed by atoms with Crippen molar-refractivity contribution in [3.8, 4) is 0 Å². The molecule has 5 N–H and O–H groups in total. The van der Waals surface area contributed by atoms with E-state index in [2.05, 4.69) is 30.9 Å². The minimum Gasteiger partial charge on any atom is -0.351 e. The first-order chi connectivity index (χ1) is 12.1. The Bertz CT molecular complexity index is 889. The molecule has 0 radical (unpaired) electrons. The number of rotatable bonds is 5. The van der Waals surface area contributed by atoms with Crippen molar-refractivity contribution >= 4 is 35.0 Å². The van der Waals surface area contributed by atoms with Crippen LogP contribution in [0.1, 0.15) is 0 Å². The first-order valence-electron chi connectivity index (χ1n) is 7.26. The molecule has 1 aromatic heterocycles. The van der Waals surface area contributed by atoms with E-state index in [9.17, 15) is 9.18 Å². The fraction of sp³-hybridized carbons (Fsp3) is 0. The topological polar surface area (TPSA) is 118 Å². The summed E-state index contributed by atoms with van der Waals surface area (Å²) < 4.78 is 13.7. The molecule has 0 saturated carbocycles. The van der Waals surface area contributed by atoms with E-state index in [0.717, 1.165) is 0 Å². The van der Waals surface area contributed by atoms with Gasteiger partial charge in [0.05, 0.1) is 0 Å². The van der Waals surface area contributed by atoms with Crippen LogP contribution in [0.5, 0.6) is 0 Å². The summed E-state index contributed by atoms with van der Waals surface area (Å²) in [5, 5.41) is 8.19. The van der Waals surface area contributed by atoms with E-state index in [1.54, 1.807) is 36.4 Å². The van der Waals surface area contributed by atoms with Crippen molar-refractivity contribution in [2.75, 3.05) is 16.0 Å². The highest BCUT2D eigenvalue weighted by molar-refractivity contribution is 5.88. The summed E-state index contributed by atoms with van der Waals surface area (Å²) in [6, 6.07) is 15.1. The standard InChI is InChI=1S/C16H14FN7O/c17-13-22-15(20-10-5-2-1-3-6-10)24-16(23-13)21-12-8-4-7-11(9-12)19-14(18)25/h1-9H,(H3,18,19,25)(H2,20,21,22,23,24). The predicted octanol–water partition coefficient (Wildman–Crippen LogP) is 2.99. The average molecular weight is 339 g/mol. The zero-order valence-corrected chi connectivity index (χ0v) is 12.9. The molecule has 0 unspecified atom stereocenters. The summed E-state index contributed by atoms with van der Waals surface area (Å²) >= 11 is 0. The molecule has 25 heavy (non-hydrogen) atoms. The molecule has 2 aromatic carbocycles. The minimum absolute atomic E-state index is 0.0159. The van der Waals surface area contributed by atoms with E-state index in [0.29, 0.717) is 17.1 Å². The molecule has 2 amide bonds. The highest BCUT2D eigenvalue weighted by Gasteiger charge is 2.07. The molecule has 3 rings (SSSR count). The second kappa shape index (κ2) is 7.21. The number of hydrogen-bond donors (Lipinski definition) is 4. The molecular formula is C16H14FN7O. The van der Waals surface area contributed by atoms with Crippen LogP contribution in [-0.4, -0.2) is 21.0 Å². The van der Waals surface area contributed by atoms with Gasteiger partial charge in [0.15, 0.2) is 0 Å². The van der Waals surface area contributed by atoms with E-state index < -0.39 is 12.1 Å². The number of amides is 2. The van der Waals surface area contributed by atoms with Crippen LogP contribution in [0.15, 0.2) is 54.6 Å². The van der Waals surface area contributed by atoms with Crippen molar-refractivity contribution in [3.05, 3.63) is 60.7 Å². The van der Waals surface area contributed by atoms with Gasteiger partial charge in [0.1, 0.15) is 0 Å². The largest absolute Gasteiger partial charge is 0.351 e. The maximum Gasteiger partial charge on any atom is 0.316 e. The van der Waals surface area contributed by atoms with Crippen molar-refractivity contribution in [3.63, 3.8) is 0 Å². The van der Waals surface area contributed by atoms with Gasteiger partial charge in [0.2, 0.25) is 11.9 Å². The van der Waals surface area contributed by atoms with Gasteiger partial charge in [-0.1, -0.05) is 24.3 Å². The Morgan fingerprint density at radius 3 is 2.12 bits per heavy atom. The van der Waals surface area contributed by atoms with Gasteiger partial charge < -0.3 is 21.7 Å². The minimum atomic E-state index is -0.928. The Balaban J connectivity index is 1.80. The fourth-order valence-corrected chi connectivity index (χ4v) is 2.06. The lowest BCUT2D eigenvalue weighted by Crippen LogP contribution is -2.19. The number of benzene rings is 2. The van der Waals surface area contributed by atoms with Gasteiger partial charge in [-0.05, 0) is 30.3 Å². The van der Waals surface area contributed by atoms with Crippen LogP contribution in [0.4, 0.5) is 38.1 Å². The summed E-state index contributed by atoms with van der Waals surface area (Å²) in [5.74, 6) is 0.0785. The molecule has 0 saturated heterocycles. The van der Waals surface area contributed by atoms with Crippen molar-refractivity contribution in [2.24, 2.45) is 5.73 Å². The number of nitrogens with two attached hydrogens (primary N) is 1. The van der Waals surface area contributed by atoms with Crippen LogP contribution >= 0.6 is 0 Å². The maximum atomic E-state index is 13.7. The highest BCUT2D eigenvalue weighted by Crippen LogP contribution is 2.19. The quantitative estimate of drug-likeness (QED) is 0.567. The van der Waals surface area contributed by atoms with Gasteiger partial charge in [0, 0.05) is 17.1 Å². The first-order valence-corrected chi connectivity index (χ1v) is 7.26. The highest BCUT2D eigenvalue weighted by atomic mass is 19.1. The van der Waals surface area contributed by atoms with E-state index in [4.69, 9.17) is 5.73 Å². The van der Waals surface area contributed by atoms with Gasteiger partial charge in [-0.15, -0.1) is 0 Å². The van der Waals surface area contributed by atoms with Crippen molar-refractivity contribution in [1.82, 2.24) is 15.0 Å². The number of para-hydroxylation sites is 1. The molecule has 0 spiro atoms. The molecule has 0 aliphatic heterocycles. The lowest BCUT2D eigenvalue weighted by atomic mass is 10.3. The third kappa shape index (κ3) is 4.61. The summed E-state index contributed by atoms with van der Waals surface area (Å²) in [6.07, 6.45) is -0.928. The zero-order chi connectivity index (χ0) is 17.6. The van der Waals surface area contributed by atoms with Crippen LogP contribution < -0.4 is 21.7 Å². The number of carbonyl (C=O) groups is 1. The fourth-order valence-electron chi connectivity index (χ4n) is 2.06. The van der Waals surface area contributed by atoms with E-state index in [-0.39, 0.29) is 11.9 Å². The van der Waals surface area contributed by atoms with Gasteiger partial charge in [0.25, 0.3) is 0 Å². The van der Waals surface area contributed by atoms with Gasteiger partial charge in [-0.25, -0.2) is 4.79 Å². The van der Waals surface area contributed by atoms with Crippen LogP contribution in [-0.2, 0) is 0 Å². The van der Waals surface area contributed by atoms with Gasteiger partial charge in [-0.3, -0.25) is 0 Å². The van der Waals surface area contributed by atoms with Gasteiger partial charge >= 0.3 is 12.1 Å². The van der Waals surface area contributed by atoms with Crippen LogP contribution in [0.25, 0.3) is 0 Å². The van der Waals surface area contributed by atoms with Crippen LogP contribution in [0.2, 0.25) is 0 Å². The summed E-state index contributed by atoms with van der Waals surface area (Å²) in [4.78, 5) is 22.2. The normalized spacial score (nSPS) is 10.1. The first kappa shape index (κ1) is 16.1. The third-order valence-corrected chi connectivity index (χ3v) is 3.02. The number of nitrogens with zero attached hydrogens (tertiary/aromatic N) is 3. The zero-order valence-electron chi connectivity index (χ0n) is 12.9. The Morgan fingerprint density at radius 2 is 1.44 bits per heavy atom. The summed E-state index contributed by atoms with van der Waals surface area (Å²) in [6.45, 7) is 0. The molecule has 1 heterocycles. The van der Waals surface area contributed by atoms with E-state index in [1.165, 1.54) is 0 Å². The number of primary amides is 1. The number of urea groups is 1. The molecule has 3 aromatic rings. The Kier molecular flexibility index (Phi) is 4.65. The maximum absolute atomic E-state index is 13.7. The Labute approximate surface area is 142 Å². The molecular weight excluding hydrogens is 325 g/mol. The number of carbonyl (C=O) groups excluding carboxylic acids is 1. The number of nitrogens with one attached hydrogen (secondary N) is 3. The molecule has 0 bridgehead atoms. The third-order valence-electron chi connectivity index (χ3n) is 3.02. The lowest BCUT2D eigenvalue weighted by molar-refractivity contribution is 0.259. The number of anilines is 5. The molecule has 0 atom stereocenters. The predicted molar refractivity (Wildman–Crippen MR) is 92.4 cm³/mol. The Hall–Kier alpha value is -3.75. The average Bonchev–Trinajstić information content (AvgIpc) is 2.55. The number of hydrogen-bond acceptors (Lipinski definition) is 6. The number of halogens is 1. The van der Waals surface area contributed by atoms with Crippen molar-refractivity contribution in [1.29, 1.82) is 0 Å². The smallest absolute Gasteiger partial charge is 0.316 e. The van der Waals surface area contributed by atoms with Crippen molar-refractivity contribution < 1.29 is 9.18 Å². The van der Waals surface area contributed by atoms with Crippen LogP contribution in [0, 0.1) is 6.08 Å². The van der Waals surface area contributed by atoms with Crippen molar-refractivity contribution in [2.45, 2.75) is 0 Å². The van der Waals surface area contributed by atoms with Crippen LogP contribution in [0.3, 0.4) is 0 Å². The number of aromatic nitrogens is 3. The molecule has 9 heteroatoms.